The summed E-state index contributed by atoms with van der Waals surface area (Å²) in [7, 11) is 1.92. The van der Waals surface area contributed by atoms with Crippen molar-refractivity contribution in [2.45, 2.75) is 32.1 Å². The quantitative estimate of drug-likeness (QED) is 0.948. The molecule has 1 N–H and O–H groups in total. The molecule has 5 heteroatoms. The largest absolute Gasteiger partial charge is 0.372 e. The van der Waals surface area contributed by atoms with Crippen molar-refractivity contribution >= 4 is 17.3 Å². The fraction of sp³-hybridized carbons (Fsp3) is 0.444. The van der Waals surface area contributed by atoms with Crippen LogP contribution in [0.1, 0.15) is 41.0 Å². The van der Waals surface area contributed by atoms with E-state index in [0.717, 1.165) is 43.6 Å². The molecule has 1 amide bonds. The molecule has 0 unspecified atom stereocenters. The van der Waals surface area contributed by atoms with Crippen molar-refractivity contribution in [3.05, 3.63) is 41.2 Å². The Kier molecular flexibility index (Phi) is 3.56. The second-order valence-corrected chi connectivity index (χ2v) is 6.45. The fourth-order valence-corrected chi connectivity index (χ4v) is 3.71. The molecule has 0 radical (unpaired) electrons. The summed E-state index contributed by atoms with van der Waals surface area (Å²) in [4.78, 5) is 14.9. The average Bonchev–Trinajstić information content (AvgIpc) is 3.27. The van der Waals surface area contributed by atoms with Gasteiger partial charge in [-0.2, -0.15) is 5.10 Å². The maximum atomic E-state index is 12.5. The number of amides is 1. The molecular formula is C18H22N4O. The smallest absolute Gasteiger partial charge is 0.276 e. The molecule has 0 atom stereocenters. The Morgan fingerprint density at radius 3 is 2.57 bits per heavy atom. The molecule has 1 saturated heterocycles. The number of carbonyl (C=O) groups is 1. The van der Waals surface area contributed by atoms with Crippen molar-refractivity contribution in [2.24, 2.45) is 7.05 Å². The van der Waals surface area contributed by atoms with E-state index < -0.39 is 0 Å². The number of hydrogen-bond acceptors (Lipinski definition) is 3. The summed E-state index contributed by atoms with van der Waals surface area (Å²) in [5.74, 6) is -0.0994. The summed E-state index contributed by atoms with van der Waals surface area (Å²) in [6, 6.07) is 8.14. The van der Waals surface area contributed by atoms with E-state index in [1.165, 1.54) is 24.2 Å². The van der Waals surface area contributed by atoms with Crippen LogP contribution in [0.25, 0.3) is 0 Å². The van der Waals surface area contributed by atoms with Gasteiger partial charge in [0.2, 0.25) is 0 Å². The molecule has 1 aliphatic heterocycles. The third kappa shape index (κ3) is 2.60. The predicted octanol–water partition coefficient (Wildman–Crippen LogP) is 2.76. The number of nitrogens with zero attached hydrogens (tertiary/aromatic N) is 3. The first kappa shape index (κ1) is 14.3. The molecular weight excluding hydrogens is 288 g/mol. The molecule has 1 fully saturated rings. The Bertz CT molecular complexity index is 726. The lowest BCUT2D eigenvalue weighted by Gasteiger charge is -2.17. The highest BCUT2D eigenvalue weighted by atomic mass is 16.2. The minimum absolute atomic E-state index is 0.0994. The Balaban J connectivity index is 1.49. The van der Waals surface area contributed by atoms with E-state index >= 15 is 0 Å². The molecule has 0 spiro atoms. The van der Waals surface area contributed by atoms with Gasteiger partial charge >= 0.3 is 0 Å². The van der Waals surface area contributed by atoms with E-state index in [4.69, 9.17) is 0 Å². The van der Waals surface area contributed by atoms with Gasteiger partial charge in [0.05, 0.1) is 0 Å². The summed E-state index contributed by atoms with van der Waals surface area (Å²) in [5, 5.41) is 7.39. The number of fused-ring (bicyclic) bond motifs is 1. The number of hydrogen-bond donors (Lipinski definition) is 1. The topological polar surface area (TPSA) is 50.2 Å². The van der Waals surface area contributed by atoms with Gasteiger partial charge in [0, 0.05) is 42.8 Å². The Morgan fingerprint density at radius 2 is 1.83 bits per heavy atom. The third-order valence-corrected chi connectivity index (χ3v) is 4.93. The first-order valence-electron chi connectivity index (χ1n) is 8.43. The van der Waals surface area contributed by atoms with E-state index in [0.29, 0.717) is 5.69 Å². The summed E-state index contributed by atoms with van der Waals surface area (Å²) in [6.45, 7) is 2.26. The summed E-state index contributed by atoms with van der Waals surface area (Å²) >= 11 is 0. The highest BCUT2D eigenvalue weighted by Gasteiger charge is 2.25. The van der Waals surface area contributed by atoms with Crippen LogP contribution in [0.4, 0.5) is 11.4 Å². The number of aryl methyl sites for hydroxylation is 1. The van der Waals surface area contributed by atoms with Crippen molar-refractivity contribution < 1.29 is 4.79 Å². The number of rotatable bonds is 3. The van der Waals surface area contributed by atoms with Crippen molar-refractivity contribution in [2.75, 3.05) is 23.3 Å². The van der Waals surface area contributed by atoms with Gasteiger partial charge in [-0.25, -0.2) is 0 Å². The molecule has 0 saturated carbocycles. The van der Waals surface area contributed by atoms with E-state index in [9.17, 15) is 4.79 Å². The SMILES string of the molecule is Cn1nc(C(=O)Nc2ccc(N3CCCC3)cc2)c2c1CCC2. The number of anilines is 2. The van der Waals surface area contributed by atoms with Crippen LogP contribution in [-0.4, -0.2) is 28.8 Å². The van der Waals surface area contributed by atoms with Gasteiger partial charge < -0.3 is 10.2 Å². The normalized spacial score (nSPS) is 16.7. The lowest BCUT2D eigenvalue weighted by molar-refractivity contribution is 0.102. The first-order valence-corrected chi connectivity index (χ1v) is 8.43. The summed E-state index contributed by atoms with van der Waals surface area (Å²) in [5.41, 5.74) is 4.98. The van der Waals surface area contributed by atoms with Gasteiger partial charge in [-0.3, -0.25) is 9.48 Å². The Morgan fingerprint density at radius 1 is 1.09 bits per heavy atom. The molecule has 2 aromatic rings. The second kappa shape index (κ2) is 5.72. The number of carbonyl (C=O) groups excluding carboxylic acids is 1. The molecule has 1 aliphatic carbocycles. The van der Waals surface area contributed by atoms with Gasteiger partial charge in [0.1, 0.15) is 0 Å². The molecule has 5 nitrogen and oxygen atoms in total. The second-order valence-electron chi connectivity index (χ2n) is 6.45. The van der Waals surface area contributed by atoms with E-state index in [1.807, 2.05) is 23.9 Å². The van der Waals surface area contributed by atoms with Gasteiger partial charge in [-0.05, 0) is 56.4 Å². The van der Waals surface area contributed by atoms with Crippen LogP contribution in [-0.2, 0) is 19.9 Å². The minimum Gasteiger partial charge on any atom is -0.372 e. The molecule has 1 aromatic carbocycles. The van der Waals surface area contributed by atoms with Crippen molar-refractivity contribution in [1.29, 1.82) is 0 Å². The predicted molar refractivity (Wildman–Crippen MR) is 91.1 cm³/mol. The highest BCUT2D eigenvalue weighted by Crippen LogP contribution is 2.26. The van der Waals surface area contributed by atoms with Crippen molar-refractivity contribution in [1.82, 2.24) is 9.78 Å². The standard InChI is InChI=1S/C18H22N4O/c1-21-16-6-4-5-15(16)17(20-21)18(23)19-13-7-9-14(10-8-13)22-11-2-3-12-22/h7-10H,2-6,11-12H2,1H3,(H,19,23). The summed E-state index contributed by atoms with van der Waals surface area (Å²) < 4.78 is 1.85. The Hall–Kier alpha value is -2.30. The molecule has 4 rings (SSSR count). The number of aromatic nitrogens is 2. The average molecular weight is 310 g/mol. The van der Waals surface area contributed by atoms with Crippen molar-refractivity contribution in [3.8, 4) is 0 Å². The maximum absolute atomic E-state index is 12.5. The van der Waals surface area contributed by atoms with Crippen LogP contribution >= 0.6 is 0 Å². The lowest BCUT2D eigenvalue weighted by atomic mass is 10.2. The maximum Gasteiger partial charge on any atom is 0.276 e. The van der Waals surface area contributed by atoms with Gasteiger partial charge in [0.25, 0.3) is 5.91 Å². The molecule has 23 heavy (non-hydrogen) atoms. The fourth-order valence-electron chi connectivity index (χ4n) is 3.71. The number of nitrogens with one attached hydrogen (secondary N) is 1. The zero-order valence-corrected chi connectivity index (χ0v) is 13.5. The van der Waals surface area contributed by atoms with Crippen LogP contribution in [0, 0.1) is 0 Å². The van der Waals surface area contributed by atoms with Gasteiger partial charge in [-0.15, -0.1) is 0 Å². The van der Waals surface area contributed by atoms with Crippen molar-refractivity contribution in [3.63, 3.8) is 0 Å². The molecule has 0 bridgehead atoms. The van der Waals surface area contributed by atoms with Gasteiger partial charge in [-0.1, -0.05) is 0 Å². The molecule has 120 valence electrons. The van der Waals surface area contributed by atoms with E-state index in [1.54, 1.807) is 0 Å². The Labute approximate surface area is 136 Å². The first-order chi connectivity index (χ1) is 11.2. The van der Waals surface area contributed by atoms with E-state index in [-0.39, 0.29) is 5.91 Å². The van der Waals surface area contributed by atoms with Crippen LogP contribution < -0.4 is 10.2 Å². The number of benzene rings is 1. The zero-order chi connectivity index (χ0) is 15.8. The molecule has 2 aliphatic rings. The minimum atomic E-state index is -0.0994. The van der Waals surface area contributed by atoms with Crippen LogP contribution in [0.3, 0.4) is 0 Å². The zero-order valence-electron chi connectivity index (χ0n) is 13.5. The molecule has 1 aromatic heterocycles. The van der Waals surface area contributed by atoms with E-state index in [2.05, 4.69) is 27.4 Å². The summed E-state index contributed by atoms with van der Waals surface area (Å²) in [6.07, 6.45) is 5.63. The van der Waals surface area contributed by atoms with Gasteiger partial charge in [0.15, 0.2) is 5.69 Å². The third-order valence-electron chi connectivity index (χ3n) is 4.93. The lowest BCUT2D eigenvalue weighted by Crippen LogP contribution is -2.18. The highest BCUT2D eigenvalue weighted by molar-refractivity contribution is 6.04. The van der Waals surface area contributed by atoms with Crippen LogP contribution in [0.2, 0.25) is 0 Å². The van der Waals surface area contributed by atoms with Crippen LogP contribution in [0.5, 0.6) is 0 Å². The molecule has 2 heterocycles. The van der Waals surface area contributed by atoms with Crippen LogP contribution in [0.15, 0.2) is 24.3 Å². The monoisotopic (exact) mass is 310 g/mol.